The summed E-state index contributed by atoms with van der Waals surface area (Å²) in [6, 6.07) is 8.59. The molecule has 22 heavy (non-hydrogen) atoms. The minimum absolute atomic E-state index is 0.221. The number of aromatic amines is 1. The zero-order valence-electron chi connectivity index (χ0n) is 13.3. The van der Waals surface area contributed by atoms with Gasteiger partial charge in [-0.2, -0.15) is 0 Å². The van der Waals surface area contributed by atoms with Gasteiger partial charge < -0.3 is 14.6 Å². The maximum atomic E-state index is 11.6. The predicted octanol–water partition coefficient (Wildman–Crippen LogP) is 2.85. The first-order valence-electron chi connectivity index (χ1n) is 8.40. The van der Waals surface area contributed by atoms with Gasteiger partial charge in [0.1, 0.15) is 6.54 Å². The first kappa shape index (κ1) is 12.9. The number of fused-ring (bicyclic) bond motifs is 3. The molecule has 5 rings (SSSR count). The highest BCUT2D eigenvalue weighted by Gasteiger charge is 2.75. The Balaban J connectivity index is 1.86. The molecular weight excluding hydrogens is 272 g/mol. The highest BCUT2D eigenvalue weighted by atomic mass is 16.3. The lowest BCUT2D eigenvalue weighted by atomic mass is 9.74. The Morgan fingerprint density at radius 3 is 2.91 bits per heavy atom. The van der Waals surface area contributed by atoms with Gasteiger partial charge in [-0.1, -0.05) is 24.3 Å². The number of hydrogen-bond donors (Lipinski definition) is 2. The van der Waals surface area contributed by atoms with Gasteiger partial charge >= 0.3 is 0 Å². The molecule has 0 aliphatic carbocycles. The molecule has 1 aromatic heterocycles. The Labute approximate surface area is 130 Å². The average molecular weight is 295 g/mol. The maximum absolute atomic E-state index is 11.6. The molecule has 2 bridgehead atoms. The fourth-order valence-electron chi connectivity index (χ4n) is 5.79. The quantitative estimate of drug-likeness (QED) is 0.569. The van der Waals surface area contributed by atoms with Crippen LogP contribution in [0.5, 0.6) is 0 Å². The molecule has 0 spiro atoms. The Morgan fingerprint density at radius 1 is 1.27 bits per heavy atom. The highest BCUT2D eigenvalue weighted by Crippen LogP contribution is 2.62. The number of nitrogens with one attached hydrogen (secondary N) is 1. The molecule has 2 N–H and O–H groups in total. The van der Waals surface area contributed by atoms with Crippen molar-refractivity contribution in [2.75, 3.05) is 19.6 Å². The van der Waals surface area contributed by atoms with Gasteiger partial charge in [-0.15, -0.1) is 0 Å². The summed E-state index contributed by atoms with van der Waals surface area (Å²) in [5.41, 5.74) is 4.28. The zero-order chi connectivity index (χ0) is 15.2. The van der Waals surface area contributed by atoms with Crippen LogP contribution in [0.15, 0.2) is 35.9 Å². The molecular formula is C19H23N2O+. The summed E-state index contributed by atoms with van der Waals surface area (Å²) in [6.45, 7) is 7.63. The van der Waals surface area contributed by atoms with Crippen molar-refractivity contribution in [3.63, 3.8) is 0 Å². The number of aliphatic hydroxyl groups is 1. The van der Waals surface area contributed by atoms with Crippen LogP contribution in [0, 0.1) is 0 Å². The lowest BCUT2D eigenvalue weighted by molar-refractivity contribution is -0.962. The average Bonchev–Trinajstić information content (AvgIpc) is 3.08. The lowest BCUT2D eigenvalue weighted by Gasteiger charge is -2.47. The van der Waals surface area contributed by atoms with Gasteiger partial charge in [-0.05, 0) is 25.5 Å². The van der Waals surface area contributed by atoms with E-state index in [1.165, 1.54) is 27.7 Å². The van der Waals surface area contributed by atoms with E-state index in [9.17, 15) is 5.11 Å². The Hall–Kier alpha value is -1.58. The van der Waals surface area contributed by atoms with Gasteiger partial charge in [0.15, 0.2) is 11.1 Å². The van der Waals surface area contributed by atoms with Gasteiger partial charge in [-0.25, -0.2) is 0 Å². The van der Waals surface area contributed by atoms with Crippen molar-refractivity contribution in [3.8, 4) is 0 Å². The van der Waals surface area contributed by atoms with Crippen LogP contribution >= 0.6 is 0 Å². The third-order valence-electron chi connectivity index (χ3n) is 7.10. The minimum atomic E-state index is -0.683. The number of aromatic nitrogens is 1. The van der Waals surface area contributed by atoms with Crippen molar-refractivity contribution >= 4 is 10.9 Å². The molecule has 4 heterocycles. The first-order valence-corrected chi connectivity index (χ1v) is 8.40. The van der Waals surface area contributed by atoms with E-state index in [0.717, 1.165) is 37.0 Å². The Kier molecular flexibility index (Phi) is 2.15. The second-order valence-corrected chi connectivity index (χ2v) is 7.52. The molecule has 0 unspecified atom stereocenters. The van der Waals surface area contributed by atoms with E-state index in [2.05, 4.69) is 49.2 Å². The van der Waals surface area contributed by atoms with Crippen LogP contribution in [0.2, 0.25) is 0 Å². The number of allylic oxidation sites excluding steroid dienone is 1. The summed E-state index contributed by atoms with van der Waals surface area (Å²) in [6.07, 6.45) is 4.16. The zero-order valence-corrected chi connectivity index (χ0v) is 13.3. The Bertz CT molecular complexity index is 835. The number of piperidine rings is 1. The monoisotopic (exact) mass is 295 g/mol. The van der Waals surface area contributed by atoms with Crippen molar-refractivity contribution in [1.82, 2.24) is 4.98 Å². The van der Waals surface area contributed by atoms with E-state index in [4.69, 9.17) is 0 Å². The molecule has 0 saturated carbocycles. The topological polar surface area (TPSA) is 36.0 Å². The molecule has 3 aliphatic heterocycles. The number of quaternary nitrogens is 1. The SMILES string of the molecule is C/C=C1/C[N@@+]23CCc4c([nH]c5ccccc45)[C@]2(C)[C@@]1(O)CC3. The van der Waals surface area contributed by atoms with E-state index < -0.39 is 5.60 Å². The van der Waals surface area contributed by atoms with Gasteiger partial charge in [0.2, 0.25) is 0 Å². The van der Waals surface area contributed by atoms with Crippen LogP contribution in [0.25, 0.3) is 10.9 Å². The molecule has 3 heteroatoms. The van der Waals surface area contributed by atoms with E-state index in [1.54, 1.807) is 0 Å². The van der Waals surface area contributed by atoms with E-state index >= 15 is 0 Å². The molecule has 0 amide bonds. The van der Waals surface area contributed by atoms with Gasteiger partial charge in [0.05, 0.1) is 18.8 Å². The van der Waals surface area contributed by atoms with Crippen LogP contribution in [-0.2, 0) is 12.0 Å². The smallest absolute Gasteiger partial charge is 0.171 e. The second kappa shape index (κ2) is 3.66. The first-order chi connectivity index (χ1) is 10.6. The number of H-pyrrole nitrogens is 1. The summed E-state index contributed by atoms with van der Waals surface area (Å²) in [4.78, 5) is 3.69. The molecule has 3 nitrogen and oxygen atoms in total. The minimum Gasteiger partial charge on any atom is -0.378 e. The van der Waals surface area contributed by atoms with Crippen molar-refractivity contribution in [3.05, 3.63) is 47.2 Å². The predicted molar refractivity (Wildman–Crippen MR) is 87.5 cm³/mol. The van der Waals surface area contributed by atoms with Gasteiger partial charge in [-0.3, -0.25) is 0 Å². The third-order valence-corrected chi connectivity index (χ3v) is 7.10. The maximum Gasteiger partial charge on any atom is 0.171 e. The van der Waals surface area contributed by atoms with E-state index in [-0.39, 0.29) is 5.54 Å². The van der Waals surface area contributed by atoms with Crippen LogP contribution in [-0.4, -0.2) is 39.8 Å². The Morgan fingerprint density at radius 2 is 2.09 bits per heavy atom. The van der Waals surface area contributed by atoms with Crippen molar-refractivity contribution in [2.45, 2.75) is 37.8 Å². The van der Waals surface area contributed by atoms with Crippen LogP contribution in [0.3, 0.4) is 0 Å². The number of para-hydroxylation sites is 1. The van der Waals surface area contributed by atoms with Crippen LogP contribution in [0.4, 0.5) is 0 Å². The van der Waals surface area contributed by atoms with Crippen LogP contribution in [0.1, 0.15) is 31.5 Å². The van der Waals surface area contributed by atoms with Crippen molar-refractivity contribution in [1.29, 1.82) is 0 Å². The lowest BCUT2D eigenvalue weighted by Crippen LogP contribution is -2.61. The molecule has 2 fully saturated rings. The largest absolute Gasteiger partial charge is 0.378 e. The van der Waals surface area contributed by atoms with Crippen molar-refractivity contribution < 1.29 is 9.59 Å². The summed E-state index contributed by atoms with van der Waals surface area (Å²) in [7, 11) is 0. The summed E-state index contributed by atoms with van der Waals surface area (Å²) >= 11 is 0. The van der Waals surface area contributed by atoms with Crippen LogP contribution < -0.4 is 0 Å². The number of rotatable bonds is 0. The highest BCUT2D eigenvalue weighted by molar-refractivity contribution is 5.85. The second-order valence-electron chi connectivity index (χ2n) is 7.52. The summed E-state index contributed by atoms with van der Waals surface area (Å²) in [5.74, 6) is 0. The molecule has 2 saturated heterocycles. The molecule has 2 aromatic rings. The van der Waals surface area contributed by atoms with E-state index in [0.29, 0.717) is 0 Å². The molecule has 0 radical (unpaired) electrons. The van der Waals surface area contributed by atoms with E-state index in [1.807, 2.05) is 0 Å². The standard InChI is InChI=1S/C19H23N2O/c1-3-13-12-21-10-8-15-14-6-4-5-7-16(14)20-17(15)18(21,2)19(13,22)9-11-21/h3-7,20,22H,8-12H2,1-2H3/q+1/b13-3-/t18-,19-,21+/m1/s1. The third kappa shape index (κ3) is 1.10. The number of nitrogens with zero attached hydrogens (tertiary/aromatic N) is 1. The molecule has 3 aliphatic rings. The molecule has 114 valence electrons. The fraction of sp³-hybridized carbons (Fsp3) is 0.474. The van der Waals surface area contributed by atoms with Gasteiger partial charge in [0.25, 0.3) is 0 Å². The summed E-state index contributed by atoms with van der Waals surface area (Å²) in [5, 5.41) is 13.0. The number of hydrogen-bond acceptors (Lipinski definition) is 1. The normalized spacial score (nSPS) is 41.1. The van der Waals surface area contributed by atoms with Crippen molar-refractivity contribution in [2.24, 2.45) is 0 Å². The number of benzene rings is 1. The molecule has 1 aromatic carbocycles. The summed E-state index contributed by atoms with van der Waals surface area (Å²) < 4.78 is 1.03. The molecule has 3 atom stereocenters. The fourth-order valence-corrected chi connectivity index (χ4v) is 5.79. The van der Waals surface area contributed by atoms with Gasteiger partial charge in [0, 0.05) is 29.3 Å².